The molecule has 1 atom stereocenters. The number of thioether (sulfide) groups is 2. The maximum atomic E-state index is 13.2. The molecule has 0 N–H and O–H groups in total. The number of aryl methyl sites for hydroxylation is 3. The SMILES string of the molecule is CCOC(=O)C1=NN(c2ccc(C)cc2)[C@@]2(S1)SC(c1ccc(CC)cc1)(c1ccc(CC)cc1)c1ccccc12. The van der Waals surface area contributed by atoms with E-state index in [-0.39, 0.29) is 5.97 Å². The summed E-state index contributed by atoms with van der Waals surface area (Å²) in [4.78, 5) is 13.2. The molecule has 0 fully saturated rings. The van der Waals surface area contributed by atoms with Gasteiger partial charge < -0.3 is 4.74 Å². The fraction of sp³-hybridized carbons (Fsp3) is 0.257. The van der Waals surface area contributed by atoms with Gasteiger partial charge >= 0.3 is 5.97 Å². The lowest BCUT2D eigenvalue weighted by Crippen LogP contribution is -2.34. The molecule has 0 saturated heterocycles. The molecule has 2 heterocycles. The first-order valence-electron chi connectivity index (χ1n) is 14.3. The molecule has 6 heteroatoms. The molecule has 4 nitrogen and oxygen atoms in total. The van der Waals surface area contributed by atoms with Gasteiger partial charge in [-0.1, -0.05) is 128 Å². The van der Waals surface area contributed by atoms with Crippen LogP contribution in [-0.4, -0.2) is 17.6 Å². The van der Waals surface area contributed by atoms with Crippen LogP contribution in [-0.2, 0) is 31.3 Å². The Morgan fingerprint density at radius 2 is 1.34 bits per heavy atom. The van der Waals surface area contributed by atoms with Gasteiger partial charge in [-0.3, -0.25) is 0 Å². The van der Waals surface area contributed by atoms with E-state index in [0.717, 1.165) is 24.1 Å². The number of fused-ring (bicyclic) bond motifs is 2. The Morgan fingerprint density at radius 1 is 0.780 bits per heavy atom. The minimum absolute atomic E-state index is 0.303. The third-order valence-corrected chi connectivity index (χ3v) is 11.2. The van der Waals surface area contributed by atoms with Crippen LogP contribution < -0.4 is 5.01 Å². The number of anilines is 1. The van der Waals surface area contributed by atoms with Crippen LogP contribution in [0.3, 0.4) is 0 Å². The van der Waals surface area contributed by atoms with E-state index in [1.54, 1.807) is 0 Å². The highest BCUT2D eigenvalue weighted by Gasteiger charge is 2.62. The van der Waals surface area contributed by atoms with Crippen molar-refractivity contribution in [3.05, 3.63) is 136 Å². The van der Waals surface area contributed by atoms with Crippen molar-refractivity contribution in [1.29, 1.82) is 0 Å². The summed E-state index contributed by atoms with van der Waals surface area (Å²) in [6, 6.07) is 35.1. The van der Waals surface area contributed by atoms with E-state index in [2.05, 4.69) is 118 Å². The minimum Gasteiger partial charge on any atom is -0.461 e. The van der Waals surface area contributed by atoms with Gasteiger partial charge in [-0.2, -0.15) is 5.10 Å². The van der Waals surface area contributed by atoms with Gasteiger partial charge in [0.1, 0.15) is 0 Å². The molecule has 41 heavy (non-hydrogen) atoms. The Morgan fingerprint density at radius 3 is 1.88 bits per heavy atom. The fourth-order valence-corrected chi connectivity index (χ4v) is 9.26. The maximum Gasteiger partial charge on any atom is 0.365 e. The van der Waals surface area contributed by atoms with Crippen molar-refractivity contribution in [2.24, 2.45) is 5.10 Å². The van der Waals surface area contributed by atoms with Gasteiger partial charge in [0.25, 0.3) is 0 Å². The number of ether oxygens (including phenoxy) is 1. The second-order valence-corrected chi connectivity index (χ2v) is 13.2. The number of hydrogen-bond donors (Lipinski definition) is 0. The second kappa shape index (κ2) is 11.1. The first kappa shape index (κ1) is 27.7. The van der Waals surface area contributed by atoms with E-state index in [4.69, 9.17) is 9.84 Å². The molecule has 4 aromatic rings. The van der Waals surface area contributed by atoms with E-state index in [1.807, 2.05) is 23.7 Å². The molecule has 2 aliphatic heterocycles. The van der Waals surface area contributed by atoms with E-state index in [1.165, 1.54) is 45.1 Å². The summed E-state index contributed by atoms with van der Waals surface area (Å²) in [5.74, 6) is -0.387. The zero-order valence-electron chi connectivity index (χ0n) is 23.9. The normalized spacial score (nSPS) is 18.8. The average molecular weight is 579 g/mol. The van der Waals surface area contributed by atoms with Crippen LogP contribution in [0.5, 0.6) is 0 Å². The Kier molecular flexibility index (Phi) is 7.47. The lowest BCUT2D eigenvalue weighted by Gasteiger charge is -2.37. The Hall–Kier alpha value is -3.48. The number of hydrazone groups is 1. The first-order valence-corrected chi connectivity index (χ1v) is 15.9. The molecule has 0 bridgehead atoms. The van der Waals surface area contributed by atoms with Crippen molar-refractivity contribution in [3.63, 3.8) is 0 Å². The zero-order valence-corrected chi connectivity index (χ0v) is 25.5. The highest BCUT2D eigenvalue weighted by Crippen LogP contribution is 2.70. The molecular formula is C35H34N2O2S2. The zero-order chi connectivity index (χ0) is 28.6. The van der Waals surface area contributed by atoms with Crippen LogP contribution in [0.15, 0.2) is 102 Å². The summed E-state index contributed by atoms with van der Waals surface area (Å²) >= 11 is 3.33. The first-order chi connectivity index (χ1) is 19.9. The van der Waals surface area contributed by atoms with Crippen LogP contribution in [0.2, 0.25) is 0 Å². The Labute approximate surface area is 251 Å². The minimum atomic E-state index is -0.721. The molecule has 2 aliphatic rings. The average Bonchev–Trinajstić information content (AvgIpc) is 3.55. The van der Waals surface area contributed by atoms with Crippen molar-refractivity contribution in [1.82, 2.24) is 0 Å². The van der Waals surface area contributed by atoms with Gasteiger partial charge in [0.15, 0.2) is 4.20 Å². The lowest BCUT2D eigenvalue weighted by atomic mass is 9.81. The third-order valence-electron chi connectivity index (χ3n) is 7.91. The van der Waals surface area contributed by atoms with Crippen LogP contribution in [0.4, 0.5) is 5.69 Å². The maximum absolute atomic E-state index is 13.2. The molecule has 208 valence electrons. The topological polar surface area (TPSA) is 41.9 Å². The van der Waals surface area contributed by atoms with Crippen molar-refractivity contribution in [2.75, 3.05) is 11.6 Å². The van der Waals surface area contributed by atoms with E-state index < -0.39 is 8.95 Å². The molecule has 4 aromatic carbocycles. The molecule has 0 amide bonds. The van der Waals surface area contributed by atoms with E-state index in [9.17, 15) is 4.79 Å². The second-order valence-electron chi connectivity index (χ2n) is 10.4. The van der Waals surface area contributed by atoms with E-state index in [0.29, 0.717) is 11.7 Å². The molecule has 0 aromatic heterocycles. The van der Waals surface area contributed by atoms with Crippen LogP contribution in [0.1, 0.15) is 59.7 Å². The predicted molar refractivity (Wildman–Crippen MR) is 173 cm³/mol. The monoisotopic (exact) mass is 578 g/mol. The lowest BCUT2D eigenvalue weighted by molar-refractivity contribution is -0.134. The summed E-state index contributed by atoms with van der Waals surface area (Å²) in [7, 11) is 0. The van der Waals surface area contributed by atoms with Gasteiger partial charge in [0.2, 0.25) is 5.04 Å². The molecule has 6 rings (SSSR count). The number of hydrogen-bond acceptors (Lipinski definition) is 6. The molecule has 0 aliphatic carbocycles. The summed E-state index contributed by atoms with van der Waals surface area (Å²) in [6.45, 7) is 8.58. The Bertz CT molecular complexity index is 1550. The highest BCUT2D eigenvalue weighted by molar-refractivity contribution is 8.27. The van der Waals surface area contributed by atoms with Gasteiger partial charge in [0.05, 0.1) is 17.0 Å². The smallest absolute Gasteiger partial charge is 0.365 e. The van der Waals surface area contributed by atoms with Crippen molar-refractivity contribution in [2.45, 2.75) is 49.5 Å². The number of nitrogens with zero attached hydrogens (tertiary/aromatic N) is 2. The summed E-state index contributed by atoms with van der Waals surface area (Å²) in [5.41, 5.74) is 9.49. The van der Waals surface area contributed by atoms with Crippen molar-refractivity contribution < 1.29 is 9.53 Å². The molecule has 1 spiro atoms. The molecular weight excluding hydrogens is 545 g/mol. The fourth-order valence-electron chi connectivity index (χ4n) is 5.70. The summed E-state index contributed by atoms with van der Waals surface area (Å²) < 4.78 is 4.22. The summed E-state index contributed by atoms with van der Waals surface area (Å²) in [6.07, 6.45) is 1.97. The predicted octanol–water partition coefficient (Wildman–Crippen LogP) is 8.40. The highest BCUT2D eigenvalue weighted by atomic mass is 32.2. The van der Waals surface area contributed by atoms with Gasteiger partial charge in [-0.25, -0.2) is 9.80 Å². The van der Waals surface area contributed by atoms with Crippen LogP contribution in [0.25, 0.3) is 0 Å². The number of benzene rings is 4. The quantitative estimate of drug-likeness (QED) is 0.206. The van der Waals surface area contributed by atoms with E-state index >= 15 is 0 Å². The Balaban J connectivity index is 1.61. The van der Waals surface area contributed by atoms with Gasteiger partial charge in [0, 0.05) is 5.56 Å². The standard InChI is InChI=1S/C35H34N2O2S2/c1-5-25-14-18-27(19-15-25)34(28-20-16-26(6-2)17-21-28)30-10-8-9-11-31(30)35(41-34)37(29-22-12-24(4)13-23-29)36-32(40-35)33(38)39-7-3/h8-23H,5-7H2,1-4H3/t35-/m0/s1. The van der Waals surface area contributed by atoms with Gasteiger partial charge in [-0.15, -0.1) is 0 Å². The number of rotatable bonds is 7. The largest absolute Gasteiger partial charge is 0.461 e. The van der Waals surface area contributed by atoms with Crippen LogP contribution >= 0.6 is 23.5 Å². The number of carbonyl (C=O) groups is 1. The van der Waals surface area contributed by atoms with Gasteiger partial charge in [-0.05, 0) is 66.6 Å². The summed E-state index contributed by atoms with van der Waals surface area (Å²) in [5, 5.41) is 7.37. The van der Waals surface area contributed by atoms with Crippen LogP contribution in [0, 0.1) is 6.92 Å². The van der Waals surface area contributed by atoms with Crippen molar-refractivity contribution >= 4 is 40.2 Å². The molecule has 0 unspecified atom stereocenters. The number of carbonyl (C=O) groups excluding carboxylic acids is 1. The number of esters is 1. The molecule has 0 radical (unpaired) electrons. The molecule has 0 saturated carbocycles. The van der Waals surface area contributed by atoms with Crippen molar-refractivity contribution in [3.8, 4) is 0 Å². The third kappa shape index (κ3) is 4.58.